The van der Waals surface area contributed by atoms with Gasteiger partial charge in [0.25, 0.3) is 5.91 Å². The van der Waals surface area contributed by atoms with Crippen LogP contribution in [0.25, 0.3) is 0 Å². The van der Waals surface area contributed by atoms with Crippen LogP contribution in [0, 0.1) is 0 Å². The van der Waals surface area contributed by atoms with Gasteiger partial charge in [0.05, 0.1) is 0 Å². The Morgan fingerprint density at radius 1 is 1.24 bits per heavy atom. The van der Waals surface area contributed by atoms with E-state index in [0.29, 0.717) is 17.3 Å². The molecule has 0 fully saturated rings. The number of aromatic nitrogens is 1. The van der Waals surface area contributed by atoms with Gasteiger partial charge in [0.1, 0.15) is 5.15 Å². The number of hydrogen-bond donors (Lipinski definition) is 1. The second-order valence-electron chi connectivity index (χ2n) is 5.25. The second-order valence-corrected chi connectivity index (χ2v) is 5.64. The predicted octanol–water partition coefficient (Wildman–Crippen LogP) is 3.83. The zero-order chi connectivity index (χ0) is 15.2. The van der Waals surface area contributed by atoms with Gasteiger partial charge in [-0.15, -0.1) is 0 Å². The van der Waals surface area contributed by atoms with E-state index in [1.165, 1.54) is 5.56 Å². The maximum atomic E-state index is 12.2. The highest BCUT2D eigenvalue weighted by Crippen LogP contribution is 2.17. The Kier molecular flexibility index (Phi) is 5.34. The van der Waals surface area contributed by atoms with Crippen LogP contribution in [0.5, 0.6) is 0 Å². The summed E-state index contributed by atoms with van der Waals surface area (Å²) >= 11 is 5.98. The number of rotatable bonds is 5. The Bertz CT molecular complexity index is 611. The summed E-state index contributed by atoms with van der Waals surface area (Å²) < 4.78 is 0. The summed E-state index contributed by atoms with van der Waals surface area (Å²) in [6.45, 7) is 4.64. The molecule has 0 saturated heterocycles. The van der Waals surface area contributed by atoms with E-state index in [9.17, 15) is 4.79 Å². The Morgan fingerprint density at radius 3 is 2.62 bits per heavy atom. The first-order valence-corrected chi connectivity index (χ1v) is 7.43. The molecule has 0 bridgehead atoms. The van der Waals surface area contributed by atoms with E-state index in [-0.39, 0.29) is 11.8 Å². The van der Waals surface area contributed by atoms with E-state index in [1.54, 1.807) is 12.1 Å². The van der Waals surface area contributed by atoms with Crippen molar-refractivity contribution in [3.05, 3.63) is 64.4 Å². The molecular formula is C17H19ClN2O. The van der Waals surface area contributed by atoms with Crippen molar-refractivity contribution < 1.29 is 4.79 Å². The van der Waals surface area contributed by atoms with Gasteiger partial charge in [-0.05, 0) is 30.0 Å². The van der Waals surface area contributed by atoms with E-state index >= 15 is 0 Å². The highest BCUT2D eigenvalue weighted by molar-refractivity contribution is 6.29. The van der Waals surface area contributed by atoms with E-state index in [4.69, 9.17) is 11.6 Å². The summed E-state index contributed by atoms with van der Waals surface area (Å²) in [6.07, 6.45) is 0.808. The van der Waals surface area contributed by atoms with Crippen LogP contribution < -0.4 is 5.32 Å². The van der Waals surface area contributed by atoms with Crippen molar-refractivity contribution >= 4 is 17.5 Å². The van der Waals surface area contributed by atoms with Gasteiger partial charge in [-0.1, -0.05) is 55.8 Å². The van der Waals surface area contributed by atoms with Crippen molar-refractivity contribution in [2.75, 3.05) is 6.54 Å². The van der Waals surface area contributed by atoms with Crippen molar-refractivity contribution in [1.29, 1.82) is 0 Å². The lowest BCUT2D eigenvalue weighted by atomic mass is 10.1. The number of benzene rings is 1. The molecule has 0 radical (unpaired) electrons. The molecule has 0 aliphatic rings. The molecule has 0 saturated carbocycles. The van der Waals surface area contributed by atoms with Crippen LogP contribution in [0.4, 0.5) is 0 Å². The van der Waals surface area contributed by atoms with Crippen LogP contribution >= 0.6 is 11.6 Å². The van der Waals surface area contributed by atoms with E-state index in [2.05, 4.69) is 10.3 Å². The van der Waals surface area contributed by atoms with E-state index in [1.807, 2.05) is 44.2 Å². The fourth-order valence-electron chi connectivity index (χ4n) is 2.01. The smallest absolute Gasteiger partial charge is 0.251 e. The maximum absolute atomic E-state index is 12.2. The first-order chi connectivity index (χ1) is 10.1. The summed E-state index contributed by atoms with van der Waals surface area (Å²) in [4.78, 5) is 16.4. The highest BCUT2D eigenvalue weighted by atomic mass is 35.5. The monoisotopic (exact) mass is 302 g/mol. The van der Waals surface area contributed by atoms with Crippen LogP contribution in [0.15, 0.2) is 42.5 Å². The van der Waals surface area contributed by atoms with E-state index < -0.39 is 0 Å². The van der Waals surface area contributed by atoms with Gasteiger partial charge in [-0.25, -0.2) is 4.98 Å². The number of hydrogen-bond acceptors (Lipinski definition) is 2. The molecule has 1 aromatic heterocycles. The van der Waals surface area contributed by atoms with Crippen LogP contribution in [-0.2, 0) is 6.42 Å². The molecule has 1 amide bonds. The minimum atomic E-state index is -0.114. The molecule has 1 aromatic carbocycles. The average Bonchev–Trinajstić information content (AvgIpc) is 2.47. The third kappa shape index (κ3) is 4.57. The summed E-state index contributed by atoms with van der Waals surface area (Å²) in [7, 11) is 0. The predicted molar refractivity (Wildman–Crippen MR) is 85.8 cm³/mol. The lowest BCUT2D eigenvalue weighted by Gasteiger charge is -2.09. The van der Waals surface area contributed by atoms with Crippen LogP contribution in [0.2, 0.25) is 5.15 Å². The fraction of sp³-hybridized carbons (Fsp3) is 0.294. The molecule has 2 rings (SSSR count). The molecule has 1 N–H and O–H groups in total. The van der Waals surface area contributed by atoms with Gasteiger partial charge in [-0.2, -0.15) is 0 Å². The topological polar surface area (TPSA) is 42.0 Å². The van der Waals surface area contributed by atoms with Crippen LogP contribution in [0.1, 0.15) is 41.4 Å². The fourth-order valence-corrected chi connectivity index (χ4v) is 2.23. The third-order valence-electron chi connectivity index (χ3n) is 3.21. The molecule has 2 aromatic rings. The van der Waals surface area contributed by atoms with Gasteiger partial charge in [0.15, 0.2) is 0 Å². The zero-order valence-corrected chi connectivity index (χ0v) is 13.0. The SMILES string of the molecule is CC(C)c1cc(C(=O)NCCc2ccccc2)cc(Cl)n1. The normalized spacial score (nSPS) is 10.7. The first-order valence-electron chi connectivity index (χ1n) is 7.06. The lowest BCUT2D eigenvalue weighted by molar-refractivity contribution is 0.0954. The minimum absolute atomic E-state index is 0.114. The standard InChI is InChI=1S/C17H19ClN2O/c1-12(2)15-10-14(11-16(18)20-15)17(21)19-9-8-13-6-4-3-5-7-13/h3-7,10-12H,8-9H2,1-2H3,(H,19,21). The van der Waals surface area contributed by atoms with Crippen molar-refractivity contribution in [3.8, 4) is 0 Å². The Labute approximate surface area is 130 Å². The molecule has 110 valence electrons. The number of carbonyl (C=O) groups is 1. The van der Waals surface area contributed by atoms with Crippen LogP contribution in [-0.4, -0.2) is 17.4 Å². The molecule has 0 spiro atoms. The van der Waals surface area contributed by atoms with Gasteiger partial charge >= 0.3 is 0 Å². The number of nitrogens with zero attached hydrogens (tertiary/aromatic N) is 1. The molecule has 0 unspecified atom stereocenters. The van der Waals surface area contributed by atoms with Crippen molar-refractivity contribution in [1.82, 2.24) is 10.3 Å². The number of halogens is 1. The largest absolute Gasteiger partial charge is 0.352 e. The molecule has 0 aliphatic carbocycles. The number of pyridine rings is 1. The van der Waals surface area contributed by atoms with Gasteiger partial charge < -0.3 is 5.32 Å². The van der Waals surface area contributed by atoms with Gasteiger partial charge in [0, 0.05) is 17.8 Å². The van der Waals surface area contributed by atoms with Crippen LogP contribution in [0.3, 0.4) is 0 Å². The quantitative estimate of drug-likeness (QED) is 0.853. The second kappa shape index (κ2) is 7.23. The molecule has 21 heavy (non-hydrogen) atoms. The zero-order valence-electron chi connectivity index (χ0n) is 12.3. The molecule has 0 atom stereocenters. The molecule has 1 heterocycles. The maximum Gasteiger partial charge on any atom is 0.251 e. The number of nitrogens with one attached hydrogen (secondary N) is 1. The summed E-state index contributed by atoms with van der Waals surface area (Å²) in [5.74, 6) is 0.122. The number of carbonyl (C=O) groups excluding carboxylic acids is 1. The Balaban J connectivity index is 1.97. The summed E-state index contributed by atoms with van der Waals surface area (Å²) in [5.41, 5.74) is 2.59. The Morgan fingerprint density at radius 2 is 1.95 bits per heavy atom. The lowest BCUT2D eigenvalue weighted by Crippen LogP contribution is -2.26. The van der Waals surface area contributed by atoms with Crippen molar-refractivity contribution in [2.45, 2.75) is 26.2 Å². The van der Waals surface area contributed by atoms with Gasteiger partial charge in [-0.3, -0.25) is 4.79 Å². The molecular weight excluding hydrogens is 284 g/mol. The highest BCUT2D eigenvalue weighted by Gasteiger charge is 2.10. The molecule has 0 aliphatic heterocycles. The van der Waals surface area contributed by atoms with Crippen molar-refractivity contribution in [3.63, 3.8) is 0 Å². The summed E-state index contributed by atoms with van der Waals surface area (Å²) in [5, 5.41) is 3.27. The number of amides is 1. The Hall–Kier alpha value is -1.87. The summed E-state index contributed by atoms with van der Waals surface area (Å²) in [6, 6.07) is 13.5. The molecule has 4 heteroatoms. The molecule has 3 nitrogen and oxygen atoms in total. The third-order valence-corrected chi connectivity index (χ3v) is 3.40. The average molecular weight is 303 g/mol. The van der Waals surface area contributed by atoms with E-state index in [0.717, 1.165) is 12.1 Å². The van der Waals surface area contributed by atoms with Gasteiger partial charge in [0.2, 0.25) is 0 Å². The first kappa shape index (κ1) is 15.5. The van der Waals surface area contributed by atoms with Crippen molar-refractivity contribution in [2.24, 2.45) is 0 Å². The minimum Gasteiger partial charge on any atom is -0.352 e.